The van der Waals surface area contributed by atoms with E-state index >= 15 is 0 Å². The Labute approximate surface area is 139 Å². The van der Waals surface area contributed by atoms with Gasteiger partial charge in [-0.3, -0.25) is 4.79 Å². The van der Waals surface area contributed by atoms with Crippen LogP contribution in [0.4, 0.5) is 4.79 Å². The number of hydrogen-bond donors (Lipinski definition) is 0. The standard InChI is InChI=1S/C16H28N2O3S/c1-13(22)7-5-6-8-14(19)17-9-11-18(12-10-17)15(20)21-16(2,3)4/h5-12H2,1-4H3. The molecule has 2 amide bonds. The number of carbonyl (C=O) groups excluding carboxylic acids is 2. The highest BCUT2D eigenvalue weighted by Crippen LogP contribution is 2.13. The Morgan fingerprint density at radius 1 is 1.00 bits per heavy atom. The molecule has 0 aliphatic carbocycles. The highest BCUT2D eigenvalue weighted by atomic mass is 32.1. The van der Waals surface area contributed by atoms with E-state index in [9.17, 15) is 9.59 Å². The Morgan fingerprint density at radius 3 is 2.00 bits per heavy atom. The summed E-state index contributed by atoms with van der Waals surface area (Å²) in [6.07, 6.45) is 3.03. The van der Waals surface area contributed by atoms with Crippen molar-refractivity contribution in [2.24, 2.45) is 0 Å². The van der Waals surface area contributed by atoms with Crippen molar-refractivity contribution >= 4 is 29.1 Å². The van der Waals surface area contributed by atoms with Crippen LogP contribution in [0.5, 0.6) is 0 Å². The van der Waals surface area contributed by atoms with E-state index in [2.05, 4.69) is 0 Å². The molecule has 0 N–H and O–H groups in total. The molecule has 0 aromatic carbocycles. The number of ether oxygens (including phenoxy) is 1. The smallest absolute Gasteiger partial charge is 0.410 e. The molecule has 0 bridgehead atoms. The van der Waals surface area contributed by atoms with Gasteiger partial charge in [0.15, 0.2) is 0 Å². The molecular formula is C16H28N2O3S. The Bertz CT molecular complexity index is 410. The Hall–Kier alpha value is -1.17. The average molecular weight is 328 g/mol. The predicted octanol–water partition coefficient (Wildman–Crippen LogP) is 3.02. The first-order valence-electron chi connectivity index (χ1n) is 7.94. The maximum Gasteiger partial charge on any atom is 0.410 e. The summed E-state index contributed by atoms with van der Waals surface area (Å²) < 4.78 is 5.35. The number of thiocarbonyl (C=S) groups is 1. The topological polar surface area (TPSA) is 49.9 Å². The van der Waals surface area contributed by atoms with Crippen molar-refractivity contribution in [2.75, 3.05) is 26.2 Å². The van der Waals surface area contributed by atoms with Crippen molar-refractivity contribution in [3.63, 3.8) is 0 Å². The second-order valence-electron chi connectivity index (χ2n) is 6.76. The first-order chi connectivity index (χ1) is 10.2. The molecule has 1 aliphatic rings. The maximum absolute atomic E-state index is 12.1. The normalized spacial score (nSPS) is 15.6. The van der Waals surface area contributed by atoms with Gasteiger partial charge >= 0.3 is 6.09 Å². The molecule has 0 unspecified atom stereocenters. The van der Waals surface area contributed by atoms with Crippen LogP contribution in [0.3, 0.4) is 0 Å². The van der Waals surface area contributed by atoms with Gasteiger partial charge in [0, 0.05) is 32.6 Å². The lowest BCUT2D eigenvalue weighted by atomic mass is 10.1. The van der Waals surface area contributed by atoms with Crippen LogP contribution >= 0.6 is 12.2 Å². The van der Waals surface area contributed by atoms with E-state index in [1.54, 1.807) is 4.90 Å². The minimum Gasteiger partial charge on any atom is -0.444 e. The van der Waals surface area contributed by atoms with Gasteiger partial charge in [-0.15, -0.1) is 0 Å². The van der Waals surface area contributed by atoms with Crippen LogP contribution in [0.25, 0.3) is 0 Å². The second kappa shape index (κ2) is 8.46. The number of nitrogens with zero attached hydrogens (tertiary/aromatic N) is 2. The minimum absolute atomic E-state index is 0.172. The van der Waals surface area contributed by atoms with Crippen LogP contribution < -0.4 is 0 Å². The van der Waals surface area contributed by atoms with Crippen LogP contribution in [0.1, 0.15) is 53.4 Å². The summed E-state index contributed by atoms with van der Waals surface area (Å²) in [5.74, 6) is 0.172. The van der Waals surface area contributed by atoms with Crippen LogP contribution in [-0.2, 0) is 9.53 Å². The van der Waals surface area contributed by atoms with Crippen LogP contribution in [0, 0.1) is 0 Å². The fourth-order valence-corrected chi connectivity index (χ4v) is 2.42. The SMILES string of the molecule is CC(=S)CCCCC(=O)N1CCN(C(=O)OC(C)(C)C)CC1. The van der Waals surface area contributed by atoms with Crippen LogP contribution in [0.2, 0.25) is 0 Å². The van der Waals surface area contributed by atoms with E-state index in [0.717, 1.165) is 24.1 Å². The summed E-state index contributed by atoms with van der Waals surface area (Å²) >= 11 is 5.03. The molecule has 0 atom stereocenters. The largest absolute Gasteiger partial charge is 0.444 e. The highest BCUT2D eigenvalue weighted by Gasteiger charge is 2.27. The lowest BCUT2D eigenvalue weighted by Gasteiger charge is -2.35. The molecule has 1 fully saturated rings. The van der Waals surface area contributed by atoms with Gasteiger partial charge in [0.2, 0.25) is 5.91 Å². The van der Waals surface area contributed by atoms with Gasteiger partial charge < -0.3 is 14.5 Å². The Morgan fingerprint density at radius 2 is 1.50 bits per heavy atom. The first kappa shape index (κ1) is 18.9. The van der Waals surface area contributed by atoms with Gasteiger partial charge in [0.25, 0.3) is 0 Å². The summed E-state index contributed by atoms with van der Waals surface area (Å²) in [4.78, 5) is 28.6. The quantitative estimate of drug-likeness (QED) is 0.575. The van der Waals surface area contributed by atoms with Crippen molar-refractivity contribution in [3.8, 4) is 0 Å². The maximum atomic E-state index is 12.1. The van der Waals surface area contributed by atoms with Gasteiger partial charge in [-0.1, -0.05) is 12.2 Å². The van der Waals surface area contributed by atoms with Gasteiger partial charge in [-0.25, -0.2) is 4.79 Å². The van der Waals surface area contributed by atoms with Crippen molar-refractivity contribution in [2.45, 2.75) is 59.0 Å². The van der Waals surface area contributed by atoms with Gasteiger partial charge in [-0.2, -0.15) is 0 Å². The molecule has 0 spiro atoms. The van der Waals surface area contributed by atoms with Gasteiger partial charge in [0.1, 0.15) is 5.60 Å². The average Bonchev–Trinajstić information content (AvgIpc) is 2.41. The molecule has 1 aliphatic heterocycles. The zero-order chi connectivity index (χ0) is 16.8. The molecular weight excluding hydrogens is 300 g/mol. The monoisotopic (exact) mass is 328 g/mol. The summed E-state index contributed by atoms with van der Waals surface area (Å²) in [7, 11) is 0. The number of hydrogen-bond acceptors (Lipinski definition) is 4. The van der Waals surface area contributed by atoms with E-state index in [-0.39, 0.29) is 12.0 Å². The molecule has 1 saturated heterocycles. The number of piperazine rings is 1. The third-order valence-electron chi connectivity index (χ3n) is 3.45. The number of carbonyl (C=O) groups is 2. The minimum atomic E-state index is -0.482. The predicted molar refractivity (Wildman–Crippen MR) is 91.1 cm³/mol. The molecule has 0 aromatic heterocycles. The van der Waals surface area contributed by atoms with E-state index in [4.69, 9.17) is 17.0 Å². The summed E-state index contributed by atoms with van der Waals surface area (Å²) in [5.41, 5.74) is -0.482. The molecule has 5 nitrogen and oxygen atoms in total. The van der Waals surface area contributed by atoms with Crippen LogP contribution in [-0.4, -0.2) is 58.4 Å². The molecule has 126 valence electrons. The summed E-state index contributed by atoms with van der Waals surface area (Å²) in [6, 6.07) is 0. The Kier molecular flexibility index (Phi) is 7.26. The van der Waals surface area contributed by atoms with Gasteiger partial charge in [0.05, 0.1) is 0 Å². The van der Waals surface area contributed by atoms with Crippen molar-refractivity contribution < 1.29 is 14.3 Å². The number of amides is 2. The van der Waals surface area contributed by atoms with E-state index in [1.165, 1.54) is 0 Å². The van der Waals surface area contributed by atoms with E-state index in [0.29, 0.717) is 32.6 Å². The zero-order valence-corrected chi connectivity index (χ0v) is 15.0. The highest BCUT2D eigenvalue weighted by molar-refractivity contribution is 7.80. The third kappa shape index (κ3) is 7.20. The summed E-state index contributed by atoms with van der Waals surface area (Å²) in [5, 5.41) is 0. The molecule has 0 radical (unpaired) electrons. The third-order valence-corrected chi connectivity index (χ3v) is 3.66. The van der Waals surface area contributed by atoms with Crippen molar-refractivity contribution in [1.82, 2.24) is 9.80 Å². The fraction of sp³-hybridized carbons (Fsp3) is 0.812. The fourth-order valence-electron chi connectivity index (χ4n) is 2.27. The first-order valence-corrected chi connectivity index (χ1v) is 8.35. The molecule has 6 heteroatoms. The lowest BCUT2D eigenvalue weighted by Crippen LogP contribution is -2.51. The lowest BCUT2D eigenvalue weighted by molar-refractivity contribution is -0.133. The van der Waals surface area contributed by atoms with E-state index in [1.807, 2.05) is 32.6 Å². The van der Waals surface area contributed by atoms with Crippen molar-refractivity contribution in [1.29, 1.82) is 0 Å². The van der Waals surface area contributed by atoms with Crippen LogP contribution in [0.15, 0.2) is 0 Å². The zero-order valence-electron chi connectivity index (χ0n) is 14.2. The number of unbranched alkanes of at least 4 members (excludes halogenated alkanes) is 1. The molecule has 0 saturated carbocycles. The summed E-state index contributed by atoms with van der Waals surface area (Å²) in [6.45, 7) is 9.76. The Balaban J connectivity index is 2.28. The van der Waals surface area contributed by atoms with E-state index < -0.39 is 5.60 Å². The molecule has 22 heavy (non-hydrogen) atoms. The van der Waals surface area contributed by atoms with Crippen molar-refractivity contribution in [3.05, 3.63) is 0 Å². The van der Waals surface area contributed by atoms with Gasteiger partial charge in [-0.05, 0) is 51.8 Å². The molecule has 0 aromatic rings. The molecule has 1 heterocycles. The molecule has 1 rings (SSSR count). The second-order valence-corrected chi connectivity index (χ2v) is 7.45. The number of rotatable bonds is 5.